The number of hydrogen-bond donors (Lipinski definition) is 2. The summed E-state index contributed by atoms with van der Waals surface area (Å²) in [6.07, 6.45) is 0. The third kappa shape index (κ3) is 3.79. The molecule has 0 aromatic rings. The van der Waals surface area contributed by atoms with Crippen LogP contribution in [-0.4, -0.2) is 60.3 Å². The van der Waals surface area contributed by atoms with Gasteiger partial charge in [-0.15, -0.1) is 0 Å². The third-order valence-electron chi connectivity index (χ3n) is 2.32. The molecular weight excluding hydrogens is 212 g/mol. The van der Waals surface area contributed by atoms with Gasteiger partial charge in [-0.1, -0.05) is 0 Å². The quantitative estimate of drug-likeness (QED) is 0.667. The van der Waals surface area contributed by atoms with Crippen LogP contribution in [0.5, 0.6) is 0 Å². The Morgan fingerprint density at radius 2 is 2.25 bits per heavy atom. The van der Waals surface area contributed by atoms with Crippen LogP contribution in [0.1, 0.15) is 13.8 Å². The fraction of sp³-hybridized carbons (Fsp3) is 0.800. The van der Waals surface area contributed by atoms with Crippen molar-refractivity contribution in [2.24, 2.45) is 0 Å². The summed E-state index contributed by atoms with van der Waals surface area (Å²) < 4.78 is 5.08. The van der Waals surface area contributed by atoms with Crippen molar-refractivity contribution in [2.75, 3.05) is 26.3 Å². The maximum atomic E-state index is 11.5. The molecule has 1 amide bonds. The minimum Gasteiger partial charge on any atom is -0.480 e. The highest BCUT2D eigenvalue weighted by Crippen LogP contribution is 2.06. The van der Waals surface area contributed by atoms with Gasteiger partial charge in [0.2, 0.25) is 5.91 Å². The maximum absolute atomic E-state index is 11.5. The number of nitrogens with zero attached hydrogens (tertiary/aromatic N) is 1. The van der Waals surface area contributed by atoms with Gasteiger partial charge in [0.15, 0.2) is 0 Å². The second-order valence-corrected chi connectivity index (χ2v) is 4.12. The van der Waals surface area contributed by atoms with Crippen molar-refractivity contribution in [3.05, 3.63) is 0 Å². The number of rotatable bonds is 4. The number of nitrogens with one attached hydrogen (secondary N) is 1. The fourth-order valence-corrected chi connectivity index (χ4v) is 1.61. The smallest absolute Gasteiger partial charge is 0.323 e. The van der Waals surface area contributed by atoms with Crippen LogP contribution in [0, 0.1) is 0 Å². The predicted octanol–water partition coefficient (Wildman–Crippen LogP) is -0.704. The Morgan fingerprint density at radius 3 is 2.81 bits per heavy atom. The lowest BCUT2D eigenvalue weighted by molar-refractivity contribution is -0.150. The molecule has 6 heteroatoms. The molecule has 0 aliphatic carbocycles. The van der Waals surface area contributed by atoms with E-state index >= 15 is 0 Å². The molecule has 92 valence electrons. The summed E-state index contributed by atoms with van der Waals surface area (Å²) in [6, 6.07) is -0.650. The summed E-state index contributed by atoms with van der Waals surface area (Å²) >= 11 is 0. The Hall–Kier alpha value is -1.14. The van der Waals surface area contributed by atoms with Crippen LogP contribution in [-0.2, 0) is 14.3 Å². The number of aliphatic carboxylic acids is 1. The van der Waals surface area contributed by atoms with Crippen molar-refractivity contribution < 1.29 is 19.4 Å². The lowest BCUT2D eigenvalue weighted by Crippen LogP contribution is -2.53. The van der Waals surface area contributed by atoms with E-state index in [0.717, 1.165) is 0 Å². The molecule has 0 bridgehead atoms. The van der Waals surface area contributed by atoms with E-state index in [1.165, 1.54) is 0 Å². The van der Waals surface area contributed by atoms with Crippen molar-refractivity contribution in [2.45, 2.75) is 25.9 Å². The van der Waals surface area contributed by atoms with Gasteiger partial charge in [-0.2, -0.15) is 0 Å². The molecule has 1 fully saturated rings. The highest BCUT2D eigenvalue weighted by atomic mass is 16.5. The summed E-state index contributed by atoms with van der Waals surface area (Å²) in [5, 5.41) is 11.7. The molecule has 0 saturated carbocycles. The molecule has 1 unspecified atom stereocenters. The topological polar surface area (TPSA) is 78.9 Å². The largest absolute Gasteiger partial charge is 0.480 e. The molecule has 2 N–H and O–H groups in total. The summed E-state index contributed by atoms with van der Waals surface area (Å²) in [7, 11) is 0. The Balaban J connectivity index is 2.49. The first-order chi connectivity index (χ1) is 7.50. The van der Waals surface area contributed by atoms with E-state index in [0.29, 0.717) is 13.2 Å². The van der Waals surface area contributed by atoms with E-state index < -0.39 is 12.0 Å². The zero-order valence-electron chi connectivity index (χ0n) is 9.60. The molecule has 1 rings (SSSR count). The van der Waals surface area contributed by atoms with Gasteiger partial charge in [0.25, 0.3) is 0 Å². The van der Waals surface area contributed by atoms with Crippen molar-refractivity contribution in [1.29, 1.82) is 0 Å². The lowest BCUT2D eigenvalue weighted by atomic mass is 10.2. The van der Waals surface area contributed by atoms with Gasteiger partial charge >= 0.3 is 5.97 Å². The molecule has 0 radical (unpaired) electrons. The van der Waals surface area contributed by atoms with Crippen LogP contribution < -0.4 is 5.32 Å². The average molecular weight is 230 g/mol. The van der Waals surface area contributed by atoms with Crippen LogP contribution in [0.2, 0.25) is 0 Å². The van der Waals surface area contributed by atoms with Gasteiger partial charge in [0, 0.05) is 12.6 Å². The maximum Gasteiger partial charge on any atom is 0.323 e. The first-order valence-electron chi connectivity index (χ1n) is 5.34. The van der Waals surface area contributed by atoms with Gasteiger partial charge < -0.3 is 15.2 Å². The highest BCUT2D eigenvalue weighted by Gasteiger charge is 2.30. The first-order valence-corrected chi connectivity index (χ1v) is 5.34. The van der Waals surface area contributed by atoms with Crippen LogP contribution in [0.4, 0.5) is 0 Å². The number of ether oxygens (including phenoxy) is 1. The monoisotopic (exact) mass is 230 g/mol. The minimum atomic E-state index is -0.947. The average Bonchev–Trinajstić information content (AvgIpc) is 2.16. The second-order valence-electron chi connectivity index (χ2n) is 4.12. The second kappa shape index (κ2) is 5.81. The zero-order valence-corrected chi connectivity index (χ0v) is 9.60. The van der Waals surface area contributed by atoms with E-state index in [1.807, 2.05) is 13.8 Å². The molecule has 16 heavy (non-hydrogen) atoms. The fourth-order valence-electron chi connectivity index (χ4n) is 1.61. The van der Waals surface area contributed by atoms with Crippen molar-refractivity contribution in [3.63, 3.8) is 0 Å². The van der Waals surface area contributed by atoms with Crippen molar-refractivity contribution in [3.8, 4) is 0 Å². The highest BCUT2D eigenvalue weighted by molar-refractivity contribution is 5.80. The summed E-state index contributed by atoms with van der Waals surface area (Å²) in [5.74, 6) is -1.10. The molecule has 0 aromatic heterocycles. The zero-order chi connectivity index (χ0) is 12.1. The molecule has 1 atom stereocenters. The number of carboxylic acids is 1. The number of hydrogen-bond acceptors (Lipinski definition) is 4. The van der Waals surface area contributed by atoms with E-state index in [1.54, 1.807) is 4.90 Å². The minimum absolute atomic E-state index is 0.0665. The molecular formula is C10H18N2O4. The van der Waals surface area contributed by atoms with E-state index in [2.05, 4.69) is 5.32 Å². The van der Waals surface area contributed by atoms with Crippen LogP contribution in [0.15, 0.2) is 0 Å². The summed E-state index contributed by atoms with van der Waals surface area (Å²) in [6.45, 7) is 4.93. The van der Waals surface area contributed by atoms with Gasteiger partial charge in [-0.05, 0) is 13.8 Å². The lowest BCUT2D eigenvalue weighted by Gasteiger charge is -2.32. The van der Waals surface area contributed by atoms with Crippen LogP contribution in [0.3, 0.4) is 0 Å². The molecule has 0 aromatic carbocycles. The molecule has 1 heterocycles. The van der Waals surface area contributed by atoms with E-state index in [9.17, 15) is 9.59 Å². The normalized spacial score (nSPS) is 22.1. The van der Waals surface area contributed by atoms with Crippen molar-refractivity contribution >= 4 is 11.9 Å². The summed E-state index contributed by atoms with van der Waals surface area (Å²) in [5.41, 5.74) is 0. The number of amides is 1. The molecule has 1 aliphatic heterocycles. The van der Waals surface area contributed by atoms with Gasteiger partial charge in [0.1, 0.15) is 6.04 Å². The number of morpholine rings is 1. The Morgan fingerprint density at radius 1 is 1.56 bits per heavy atom. The van der Waals surface area contributed by atoms with Crippen LogP contribution in [0.25, 0.3) is 0 Å². The molecule has 1 saturated heterocycles. The molecule has 6 nitrogen and oxygen atoms in total. The van der Waals surface area contributed by atoms with E-state index in [4.69, 9.17) is 9.84 Å². The van der Waals surface area contributed by atoms with E-state index in [-0.39, 0.29) is 25.1 Å². The number of carbonyl (C=O) groups is 2. The summed E-state index contributed by atoms with van der Waals surface area (Å²) in [4.78, 5) is 24.0. The first kappa shape index (κ1) is 12.9. The van der Waals surface area contributed by atoms with Crippen molar-refractivity contribution in [1.82, 2.24) is 10.2 Å². The molecule has 0 spiro atoms. The van der Waals surface area contributed by atoms with Crippen LogP contribution >= 0.6 is 0 Å². The van der Waals surface area contributed by atoms with Gasteiger partial charge in [-0.3, -0.25) is 14.5 Å². The number of carbonyl (C=O) groups excluding carboxylic acids is 1. The van der Waals surface area contributed by atoms with Gasteiger partial charge in [0.05, 0.1) is 19.8 Å². The third-order valence-corrected chi connectivity index (χ3v) is 2.32. The Bertz CT molecular complexity index is 268. The number of carboxylic acid groups (broad SMARTS) is 1. The Kier molecular flexibility index (Phi) is 4.70. The predicted molar refractivity (Wildman–Crippen MR) is 57.1 cm³/mol. The molecule has 1 aliphatic rings. The standard InChI is InChI=1S/C10H18N2O4/c1-7(2)11-9(13)5-12-3-4-16-6-8(12)10(14)15/h7-8H,3-6H2,1-2H3,(H,11,13)(H,14,15). The SMILES string of the molecule is CC(C)NC(=O)CN1CCOCC1C(=O)O. The Labute approximate surface area is 94.6 Å². The van der Waals surface area contributed by atoms with Gasteiger partial charge in [-0.25, -0.2) is 0 Å².